The molecule has 1 N–H and O–H groups in total. The lowest BCUT2D eigenvalue weighted by molar-refractivity contribution is 0.0696. The lowest BCUT2D eigenvalue weighted by Crippen LogP contribution is -2.12. The second-order valence-corrected chi connectivity index (χ2v) is 4.23. The molecule has 0 aromatic heterocycles. The summed E-state index contributed by atoms with van der Waals surface area (Å²) in [6.07, 6.45) is 0. The molecule has 0 atom stereocenters. The number of nitrogens with zero attached hydrogens (tertiary/aromatic N) is 1. The van der Waals surface area contributed by atoms with E-state index in [1.807, 2.05) is 6.07 Å². The first-order chi connectivity index (χ1) is 9.52. The Bertz CT molecular complexity index is 643. The maximum Gasteiger partial charge on any atom is 0.335 e. The molecule has 0 radical (unpaired) electrons. The third kappa shape index (κ3) is 2.71. The normalized spacial score (nSPS) is 10.2. The minimum absolute atomic E-state index is 0.0784. The van der Waals surface area contributed by atoms with Crippen molar-refractivity contribution in [2.24, 2.45) is 0 Å². The van der Waals surface area contributed by atoms with Crippen LogP contribution in [0.2, 0.25) is 0 Å². The van der Waals surface area contributed by atoms with Gasteiger partial charge in [0.15, 0.2) is 0 Å². The number of hydrogen-bond acceptors (Lipinski definition) is 3. The number of hydrogen-bond donors (Lipinski definition) is 1. The van der Waals surface area contributed by atoms with Crippen LogP contribution in [0.25, 0.3) is 0 Å². The van der Waals surface area contributed by atoms with E-state index in [0.29, 0.717) is 11.4 Å². The monoisotopic (exact) mass is 275 g/mol. The van der Waals surface area contributed by atoms with Crippen molar-refractivity contribution < 1.29 is 19.0 Å². The molecule has 0 saturated carbocycles. The zero-order chi connectivity index (χ0) is 14.7. The van der Waals surface area contributed by atoms with Gasteiger partial charge in [0.2, 0.25) is 0 Å². The predicted octanol–water partition coefficient (Wildman–Crippen LogP) is 3.30. The van der Waals surface area contributed by atoms with Crippen molar-refractivity contribution in [2.45, 2.75) is 0 Å². The van der Waals surface area contributed by atoms with Crippen LogP contribution in [0.3, 0.4) is 0 Å². The molecule has 0 bridgehead atoms. The minimum atomic E-state index is -1.15. The summed E-state index contributed by atoms with van der Waals surface area (Å²) in [5, 5.41) is 8.83. The van der Waals surface area contributed by atoms with Crippen molar-refractivity contribution in [1.82, 2.24) is 0 Å². The maximum atomic E-state index is 14.0. The minimum Gasteiger partial charge on any atom is -0.497 e. The second kappa shape index (κ2) is 5.61. The highest BCUT2D eigenvalue weighted by molar-refractivity contribution is 5.88. The van der Waals surface area contributed by atoms with Gasteiger partial charge in [-0.1, -0.05) is 6.07 Å². The van der Waals surface area contributed by atoms with Gasteiger partial charge in [-0.05, 0) is 30.3 Å². The van der Waals surface area contributed by atoms with E-state index in [4.69, 9.17) is 9.84 Å². The van der Waals surface area contributed by atoms with Crippen molar-refractivity contribution >= 4 is 17.3 Å². The zero-order valence-electron chi connectivity index (χ0n) is 11.1. The molecular weight excluding hydrogens is 261 g/mol. The number of carbonyl (C=O) groups is 1. The van der Waals surface area contributed by atoms with Crippen LogP contribution >= 0.6 is 0 Å². The molecule has 0 fully saturated rings. The van der Waals surface area contributed by atoms with Gasteiger partial charge < -0.3 is 14.7 Å². The third-order valence-electron chi connectivity index (χ3n) is 3.00. The molecule has 0 saturated heterocycles. The summed E-state index contributed by atoms with van der Waals surface area (Å²) in [7, 11) is 3.26. The molecule has 0 aliphatic rings. The predicted molar refractivity (Wildman–Crippen MR) is 74.4 cm³/mol. The van der Waals surface area contributed by atoms with Crippen molar-refractivity contribution in [3.8, 4) is 5.75 Å². The van der Waals surface area contributed by atoms with Crippen LogP contribution in [-0.2, 0) is 0 Å². The molecule has 0 heterocycles. The summed E-state index contributed by atoms with van der Waals surface area (Å²) in [5.74, 6) is -1.08. The van der Waals surface area contributed by atoms with Gasteiger partial charge in [0.05, 0.1) is 18.4 Å². The Kier molecular flexibility index (Phi) is 3.89. The molecule has 0 aliphatic carbocycles. The number of aromatic carboxylic acids is 1. The summed E-state index contributed by atoms with van der Waals surface area (Å²) in [6, 6.07) is 11.0. The number of anilines is 2. The fourth-order valence-electron chi connectivity index (χ4n) is 1.87. The number of benzene rings is 2. The number of carboxylic acid groups (broad SMARTS) is 1. The molecule has 5 heteroatoms. The number of carboxylic acids is 1. The first-order valence-corrected chi connectivity index (χ1v) is 5.93. The van der Waals surface area contributed by atoms with Gasteiger partial charge in [-0.15, -0.1) is 0 Å². The van der Waals surface area contributed by atoms with E-state index >= 15 is 0 Å². The van der Waals surface area contributed by atoms with Crippen LogP contribution in [0.4, 0.5) is 15.8 Å². The van der Waals surface area contributed by atoms with Gasteiger partial charge in [-0.2, -0.15) is 0 Å². The summed E-state index contributed by atoms with van der Waals surface area (Å²) in [4.78, 5) is 12.4. The largest absolute Gasteiger partial charge is 0.497 e. The highest BCUT2D eigenvalue weighted by atomic mass is 19.1. The Hall–Kier alpha value is -2.56. The van der Waals surface area contributed by atoms with Gasteiger partial charge in [0.1, 0.15) is 11.6 Å². The van der Waals surface area contributed by atoms with E-state index < -0.39 is 11.8 Å². The second-order valence-electron chi connectivity index (χ2n) is 4.23. The van der Waals surface area contributed by atoms with Gasteiger partial charge >= 0.3 is 5.97 Å². The lowest BCUT2D eigenvalue weighted by Gasteiger charge is -2.20. The molecule has 4 nitrogen and oxygen atoms in total. The summed E-state index contributed by atoms with van der Waals surface area (Å²) in [6.45, 7) is 0. The van der Waals surface area contributed by atoms with E-state index in [2.05, 4.69) is 0 Å². The van der Waals surface area contributed by atoms with Crippen molar-refractivity contribution in [2.75, 3.05) is 19.1 Å². The average Bonchev–Trinajstić information content (AvgIpc) is 2.46. The van der Waals surface area contributed by atoms with Gasteiger partial charge in [-0.25, -0.2) is 9.18 Å². The first kappa shape index (κ1) is 13.9. The van der Waals surface area contributed by atoms with Crippen LogP contribution < -0.4 is 9.64 Å². The van der Waals surface area contributed by atoms with Gasteiger partial charge in [0.25, 0.3) is 0 Å². The number of halogens is 1. The zero-order valence-corrected chi connectivity index (χ0v) is 11.1. The van der Waals surface area contributed by atoms with Crippen LogP contribution in [0, 0.1) is 5.82 Å². The van der Waals surface area contributed by atoms with Crippen molar-refractivity contribution in [3.05, 3.63) is 53.8 Å². The highest BCUT2D eigenvalue weighted by Gasteiger charge is 2.13. The maximum absolute atomic E-state index is 14.0. The van der Waals surface area contributed by atoms with Crippen LogP contribution in [-0.4, -0.2) is 25.2 Å². The Morgan fingerprint density at radius 2 is 2.00 bits per heavy atom. The highest BCUT2D eigenvalue weighted by Crippen LogP contribution is 2.29. The Morgan fingerprint density at radius 3 is 2.60 bits per heavy atom. The summed E-state index contributed by atoms with van der Waals surface area (Å²) < 4.78 is 19.1. The fourth-order valence-corrected chi connectivity index (χ4v) is 1.87. The Morgan fingerprint density at radius 1 is 1.25 bits per heavy atom. The van der Waals surface area contributed by atoms with Crippen molar-refractivity contribution in [3.63, 3.8) is 0 Å². The number of ether oxygens (including phenoxy) is 1. The van der Waals surface area contributed by atoms with Gasteiger partial charge in [0, 0.05) is 18.8 Å². The quantitative estimate of drug-likeness (QED) is 0.930. The van der Waals surface area contributed by atoms with E-state index in [-0.39, 0.29) is 5.56 Å². The van der Waals surface area contributed by atoms with Crippen LogP contribution in [0.5, 0.6) is 5.75 Å². The standard InChI is InChI=1S/C15H14FNO3/c1-17(11-4-3-5-12(9-11)20-2)14-7-6-10(15(18)19)8-13(14)16/h3-9H,1-2H3,(H,18,19). The molecule has 0 spiro atoms. The molecule has 2 aromatic carbocycles. The molecule has 0 aliphatic heterocycles. The molecule has 0 amide bonds. The molecule has 0 unspecified atom stereocenters. The molecule has 20 heavy (non-hydrogen) atoms. The van der Waals surface area contributed by atoms with Gasteiger partial charge in [-0.3, -0.25) is 0 Å². The fraction of sp³-hybridized carbons (Fsp3) is 0.133. The molecule has 104 valence electrons. The molecule has 2 rings (SSSR count). The average molecular weight is 275 g/mol. The lowest BCUT2D eigenvalue weighted by atomic mass is 10.1. The van der Waals surface area contributed by atoms with Crippen LogP contribution in [0.15, 0.2) is 42.5 Å². The smallest absolute Gasteiger partial charge is 0.335 e. The Balaban J connectivity index is 2.37. The van der Waals surface area contributed by atoms with Crippen molar-refractivity contribution in [1.29, 1.82) is 0 Å². The summed E-state index contributed by atoms with van der Waals surface area (Å²) in [5.41, 5.74) is 0.958. The van der Waals surface area contributed by atoms with E-state index in [1.165, 1.54) is 12.1 Å². The number of methoxy groups -OCH3 is 1. The van der Waals surface area contributed by atoms with E-state index in [1.54, 1.807) is 37.3 Å². The Labute approximate surface area is 116 Å². The molecular formula is C15H14FNO3. The molecule has 2 aromatic rings. The topological polar surface area (TPSA) is 49.8 Å². The first-order valence-electron chi connectivity index (χ1n) is 5.93. The SMILES string of the molecule is COc1cccc(N(C)c2ccc(C(=O)O)cc2F)c1. The van der Waals surface area contributed by atoms with E-state index in [9.17, 15) is 9.18 Å². The summed E-state index contributed by atoms with van der Waals surface area (Å²) >= 11 is 0. The van der Waals surface area contributed by atoms with Crippen LogP contribution in [0.1, 0.15) is 10.4 Å². The van der Waals surface area contributed by atoms with E-state index in [0.717, 1.165) is 11.8 Å². The third-order valence-corrected chi connectivity index (χ3v) is 3.00. The number of rotatable bonds is 4.